The van der Waals surface area contributed by atoms with Gasteiger partial charge in [-0.2, -0.15) is 0 Å². The minimum Gasteiger partial charge on any atom is -0.0804 e. The second-order valence-electron chi connectivity index (χ2n) is 7.31. The van der Waals surface area contributed by atoms with Gasteiger partial charge in [-0.05, 0) is 47.9 Å². The monoisotopic (exact) mass is 338 g/mol. The second-order valence-corrected chi connectivity index (χ2v) is 7.31. The van der Waals surface area contributed by atoms with Gasteiger partial charge < -0.3 is 0 Å². The van der Waals surface area contributed by atoms with Crippen LogP contribution in [0.5, 0.6) is 0 Å². The predicted molar refractivity (Wildman–Crippen MR) is 111 cm³/mol. The molecule has 0 saturated heterocycles. The van der Waals surface area contributed by atoms with Crippen molar-refractivity contribution in [2.24, 2.45) is 0 Å². The molecule has 26 heavy (non-hydrogen) atoms. The highest BCUT2D eigenvalue weighted by atomic mass is 14.2. The molecule has 0 spiro atoms. The fourth-order valence-electron chi connectivity index (χ4n) is 3.93. The van der Waals surface area contributed by atoms with Crippen molar-refractivity contribution in [2.45, 2.75) is 37.5 Å². The lowest BCUT2D eigenvalue weighted by Crippen LogP contribution is -2.03. The van der Waals surface area contributed by atoms with Crippen molar-refractivity contribution in [3.63, 3.8) is 0 Å². The van der Waals surface area contributed by atoms with Gasteiger partial charge >= 0.3 is 0 Å². The van der Waals surface area contributed by atoms with Crippen molar-refractivity contribution in [3.8, 4) is 0 Å². The number of hydrogen-bond donors (Lipinski definition) is 0. The lowest BCUT2D eigenvalue weighted by atomic mass is 9.86. The van der Waals surface area contributed by atoms with E-state index < -0.39 is 0 Å². The first-order valence-electron chi connectivity index (χ1n) is 9.74. The smallest absolute Gasteiger partial charge is 0.00213 e. The van der Waals surface area contributed by atoms with Gasteiger partial charge in [-0.25, -0.2) is 0 Å². The summed E-state index contributed by atoms with van der Waals surface area (Å²) in [6.45, 7) is 0. The highest BCUT2D eigenvalue weighted by molar-refractivity contribution is 5.30. The van der Waals surface area contributed by atoms with Crippen LogP contribution < -0.4 is 0 Å². The van der Waals surface area contributed by atoms with Crippen molar-refractivity contribution in [3.05, 3.63) is 119 Å². The zero-order chi connectivity index (χ0) is 17.6. The number of fused-ring (bicyclic) bond motifs is 8. The molecule has 130 valence electrons. The molecule has 0 heteroatoms. The summed E-state index contributed by atoms with van der Waals surface area (Å²) in [6, 6.07) is 31.2. The number of allylic oxidation sites excluding steroid dienone is 2. The van der Waals surface area contributed by atoms with E-state index in [1.807, 2.05) is 0 Å². The van der Waals surface area contributed by atoms with E-state index in [-0.39, 0.29) is 0 Å². The highest BCUT2D eigenvalue weighted by Gasteiger charge is 2.13. The predicted octanol–water partition coefficient (Wildman–Crippen LogP) is 6.69. The summed E-state index contributed by atoms with van der Waals surface area (Å²) in [7, 11) is 0. The van der Waals surface area contributed by atoms with Crippen LogP contribution in [0.4, 0.5) is 0 Å². The molecule has 3 aromatic rings. The van der Waals surface area contributed by atoms with Crippen LogP contribution in [-0.4, -0.2) is 0 Å². The molecule has 5 rings (SSSR count). The van der Waals surface area contributed by atoms with Crippen LogP contribution in [0, 0.1) is 0 Å². The Morgan fingerprint density at radius 1 is 0.462 bits per heavy atom. The standard InChI is InChI=1S/C26H26/c1-3-7-23(8-4-1)25-17-15-21-11-13-22(14-12-21)16-18-26(20-19-25)24-9-5-2-6-10-24/h1-14,19-20,25-26H,15-18H2/b20-19-/t25-,26-/m0/s1. The fourth-order valence-corrected chi connectivity index (χ4v) is 3.93. The van der Waals surface area contributed by atoms with E-state index >= 15 is 0 Å². The molecule has 0 N–H and O–H groups in total. The molecule has 2 atom stereocenters. The third-order valence-corrected chi connectivity index (χ3v) is 5.54. The summed E-state index contributed by atoms with van der Waals surface area (Å²) in [5, 5.41) is 0. The summed E-state index contributed by atoms with van der Waals surface area (Å²) in [6.07, 6.45) is 9.48. The van der Waals surface area contributed by atoms with Crippen LogP contribution in [0.2, 0.25) is 0 Å². The number of rotatable bonds is 2. The first-order chi connectivity index (χ1) is 12.9. The summed E-state index contributed by atoms with van der Waals surface area (Å²) in [4.78, 5) is 0. The summed E-state index contributed by atoms with van der Waals surface area (Å²) in [5.41, 5.74) is 5.74. The normalized spacial score (nSPS) is 21.5. The maximum atomic E-state index is 2.46. The average molecular weight is 338 g/mol. The Labute approximate surface area is 157 Å². The Morgan fingerprint density at radius 3 is 1.23 bits per heavy atom. The molecule has 0 heterocycles. The lowest BCUT2D eigenvalue weighted by Gasteiger charge is -2.19. The molecule has 0 amide bonds. The summed E-state index contributed by atoms with van der Waals surface area (Å²) < 4.78 is 0. The third-order valence-electron chi connectivity index (χ3n) is 5.54. The van der Waals surface area contributed by atoms with Crippen LogP contribution in [0.25, 0.3) is 0 Å². The third kappa shape index (κ3) is 4.14. The maximum absolute atomic E-state index is 2.46. The van der Waals surface area contributed by atoms with Crippen molar-refractivity contribution < 1.29 is 0 Å². The first-order valence-corrected chi connectivity index (χ1v) is 9.74. The topological polar surface area (TPSA) is 0 Å². The zero-order valence-electron chi connectivity index (χ0n) is 15.2. The van der Waals surface area contributed by atoms with Crippen LogP contribution in [-0.2, 0) is 12.8 Å². The number of benzene rings is 3. The van der Waals surface area contributed by atoms with E-state index in [0.717, 1.165) is 25.7 Å². The van der Waals surface area contributed by atoms with Crippen LogP contribution in [0.1, 0.15) is 46.9 Å². The SMILES string of the molecule is C1=C\[C@@H](c2ccccc2)CCc2ccc(cc2)CC[C@@H]/1c1ccccc1. The molecule has 0 saturated carbocycles. The van der Waals surface area contributed by atoms with Crippen molar-refractivity contribution >= 4 is 0 Å². The van der Waals surface area contributed by atoms with E-state index in [0.29, 0.717) is 11.8 Å². The summed E-state index contributed by atoms with van der Waals surface area (Å²) >= 11 is 0. The molecule has 0 unspecified atom stereocenters. The van der Waals surface area contributed by atoms with E-state index in [1.165, 1.54) is 22.3 Å². The molecule has 0 nitrogen and oxygen atoms in total. The first kappa shape index (κ1) is 16.8. The molecule has 3 aromatic carbocycles. The van der Waals surface area contributed by atoms with Crippen molar-refractivity contribution in [1.82, 2.24) is 0 Å². The van der Waals surface area contributed by atoms with Gasteiger partial charge in [-0.3, -0.25) is 0 Å². The van der Waals surface area contributed by atoms with Crippen LogP contribution in [0.15, 0.2) is 97.1 Å². The Bertz CT molecular complexity index is 756. The van der Waals surface area contributed by atoms with Gasteiger partial charge in [-0.1, -0.05) is 97.1 Å². The van der Waals surface area contributed by atoms with Crippen molar-refractivity contribution in [1.29, 1.82) is 0 Å². The fraction of sp³-hybridized carbons (Fsp3) is 0.231. The van der Waals surface area contributed by atoms with Gasteiger partial charge in [0.05, 0.1) is 0 Å². The van der Waals surface area contributed by atoms with Crippen LogP contribution >= 0.6 is 0 Å². The minimum atomic E-state index is 0.474. The molecule has 0 radical (unpaired) electrons. The molecule has 0 fully saturated rings. The minimum absolute atomic E-state index is 0.474. The second kappa shape index (κ2) is 8.19. The van der Waals surface area contributed by atoms with Gasteiger partial charge in [0.25, 0.3) is 0 Å². The van der Waals surface area contributed by atoms with Gasteiger partial charge in [0, 0.05) is 11.8 Å². The van der Waals surface area contributed by atoms with Crippen molar-refractivity contribution in [2.75, 3.05) is 0 Å². The molecule has 2 bridgehead atoms. The quantitative estimate of drug-likeness (QED) is 0.457. The lowest BCUT2D eigenvalue weighted by molar-refractivity contribution is 0.700. The molecule has 0 aliphatic heterocycles. The van der Waals surface area contributed by atoms with Crippen LogP contribution in [0.3, 0.4) is 0 Å². The maximum Gasteiger partial charge on any atom is 0.00213 e. The molecule has 2 aliphatic rings. The largest absolute Gasteiger partial charge is 0.0804 e. The van der Waals surface area contributed by atoms with E-state index in [1.54, 1.807) is 0 Å². The van der Waals surface area contributed by atoms with E-state index in [2.05, 4.69) is 97.1 Å². The van der Waals surface area contributed by atoms with Gasteiger partial charge in [0.15, 0.2) is 0 Å². The molecule has 0 aromatic heterocycles. The Balaban J connectivity index is 1.68. The Morgan fingerprint density at radius 2 is 0.846 bits per heavy atom. The Kier molecular flexibility index (Phi) is 5.30. The van der Waals surface area contributed by atoms with Gasteiger partial charge in [0.1, 0.15) is 0 Å². The molecule has 2 aliphatic carbocycles. The Hall–Kier alpha value is -2.60. The van der Waals surface area contributed by atoms with Gasteiger partial charge in [-0.15, -0.1) is 0 Å². The zero-order valence-corrected chi connectivity index (χ0v) is 15.2. The average Bonchev–Trinajstić information content (AvgIpc) is 2.71. The molecular formula is C26H26. The highest BCUT2D eigenvalue weighted by Crippen LogP contribution is 2.29. The number of hydrogen-bond acceptors (Lipinski definition) is 0. The molecular weight excluding hydrogens is 312 g/mol. The van der Waals surface area contributed by atoms with E-state index in [9.17, 15) is 0 Å². The summed E-state index contributed by atoms with van der Waals surface area (Å²) in [5.74, 6) is 0.947. The van der Waals surface area contributed by atoms with E-state index in [4.69, 9.17) is 0 Å². The number of aryl methyl sites for hydroxylation is 2. The van der Waals surface area contributed by atoms with Gasteiger partial charge in [0.2, 0.25) is 0 Å².